The van der Waals surface area contributed by atoms with Crippen LogP contribution in [0.4, 0.5) is 10.5 Å². The Morgan fingerprint density at radius 3 is 2.74 bits per heavy atom. The number of carbonyl (C=O) groups excluding carboxylic acids is 1. The van der Waals surface area contributed by atoms with Gasteiger partial charge in [0.2, 0.25) is 0 Å². The fourth-order valence-electron chi connectivity index (χ4n) is 3.42. The highest BCUT2D eigenvalue weighted by Crippen LogP contribution is 2.55. The topological polar surface area (TPSA) is 41.1 Å². The summed E-state index contributed by atoms with van der Waals surface area (Å²) < 4.78 is 0. The lowest BCUT2D eigenvalue weighted by molar-refractivity contribution is 0.214. The number of urea groups is 1. The first-order valence-electron chi connectivity index (χ1n) is 7.06. The summed E-state index contributed by atoms with van der Waals surface area (Å²) in [5.41, 5.74) is 1.94. The number of hydrogen-bond donors (Lipinski definition) is 2. The first-order valence-corrected chi connectivity index (χ1v) is 7.44. The van der Waals surface area contributed by atoms with Crippen molar-refractivity contribution in [3.63, 3.8) is 0 Å². The molecular weight excluding hydrogens is 260 g/mol. The van der Waals surface area contributed by atoms with Crippen molar-refractivity contribution in [3.8, 4) is 0 Å². The molecule has 2 amide bonds. The van der Waals surface area contributed by atoms with Gasteiger partial charge in [0, 0.05) is 16.3 Å². The van der Waals surface area contributed by atoms with Crippen molar-refractivity contribution in [2.75, 3.05) is 5.32 Å². The largest absolute Gasteiger partial charge is 0.328 e. The summed E-state index contributed by atoms with van der Waals surface area (Å²) in [5, 5.41) is 6.90. The van der Waals surface area contributed by atoms with Gasteiger partial charge in [-0.25, -0.2) is 4.79 Å². The minimum Gasteiger partial charge on any atom is -0.328 e. The summed E-state index contributed by atoms with van der Waals surface area (Å²) >= 11 is 6.18. The lowest BCUT2D eigenvalue weighted by atomic mass is 9.78. The molecule has 0 spiro atoms. The van der Waals surface area contributed by atoms with Crippen molar-refractivity contribution in [1.82, 2.24) is 5.32 Å². The van der Waals surface area contributed by atoms with E-state index in [1.165, 1.54) is 31.2 Å². The van der Waals surface area contributed by atoms with Crippen LogP contribution in [0.5, 0.6) is 0 Å². The molecule has 3 aliphatic rings. The lowest BCUT2D eigenvalue weighted by Crippen LogP contribution is -2.53. The van der Waals surface area contributed by atoms with Gasteiger partial charge >= 0.3 is 6.03 Å². The van der Waals surface area contributed by atoms with Crippen LogP contribution in [0, 0.1) is 11.8 Å². The zero-order valence-electron chi connectivity index (χ0n) is 10.7. The van der Waals surface area contributed by atoms with Crippen LogP contribution >= 0.6 is 11.6 Å². The molecule has 0 saturated heterocycles. The highest BCUT2D eigenvalue weighted by Gasteiger charge is 2.52. The maximum absolute atomic E-state index is 12.0. The first kappa shape index (κ1) is 11.6. The molecule has 1 heterocycles. The predicted molar refractivity (Wildman–Crippen MR) is 75.3 cm³/mol. The van der Waals surface area contributed by atoms with Crippen LogP contribution < -0.4 is 10.6 Å². The maximum Gasteiger partial charge on any atom is 0.319 e. The number of fused-ring (bicyclic) bond motifs is 1. The monoisotopic (exact) mass is 276 g/mol. The van der Waals surface area contributed by atoms with Gasteiger partial charge in [-0.3, -0.25) is 0 Å². The van der Waals surface area contributed by atoms with Gasteiger partial charge in [-0.2, -0.15) is 0 Å². The number of nitrogens with one attached hydrogen (secondary N) is 2. The van der Waals surface area contributed by atoms with Crippen LogP contribution in [0.25, 0.3) is 0 Å². The molecule has 1 atom stereocenters. The molecule has 0 aromatic heterocycles. The number of anilines is 1. The Morgan fingerprint density at radius 1 is 1.26 bits per heavy atom. The molecule has 4 rings (SSSR count). The molecule has 3 nitrogen and oxygen atoms in total. The standard InChI is InChI=1S/C15H17ClN2O/c16-11-5-6-13-12(7-11)15(10-3-4-10,8-9-1-2-9)18-14(19)17-13/h5-7,9-10H,1-4,8H2,(H2,17,18,19). The van der Waals surface area contributed by atoms with Gasteiger partial charge in [0.1, 0.15) is 0 Å². The zero-order chi connectivity index (χ0) is 13.0. The number of carbonyl (C=O) groups is 1. The van der Waals surface area contributed by atoms with Crippen LogP contribution in [-0.2, 0) is 5.54 Å². The molecule has 1 aliphatic heterocycles. The SMILES string of the molecule is O=C1Nc2ccc(Cl)cc2C(CC2CC2)(C2CC2)N1. The average Bonchev–Trinajstić information content (AvgIpc) is 3.23. The molecule has 1 aromatic carbocycles. The number of hydrogen-bond acceptors (Lipinski definition) is 1. The second-order valence-corrected chi connectivity index (χ2v) is 6.60. The van der Waals surface area contributed by atoms with Crippen molar-refractivity contribution in [1.29, 1.82) is 0 Å². The summed E-state index contributed by atoms with van der Waals surface area (Å²) in [6.45, 7) is 0. The van der Waals surface area contributed by atoms with Gasteiger partial charge in [0.25, 0.3) is 0 Å². The molecule has 2 saturated carbocycles. The minimum atomic E-state index is -0.177. The number of benzene rings is 1. The highest BCUT2D eigenvalue weighted by molar-refractivity contribution is 6.30. The molecule has 100 valence electrons. The predicted octanol–water partition coefficient (Wildman–Crippen LogP) is 3.88. The van der Waals surface area contributed by atoms with Gasteiger partial charge in [-0.05, 0) is 49.3 Å². The summed E-state index contributed by atoms with van der Waals surface area (Å²) in [6.07, 6.45) is 6.08. The third kappa shape index (κ3) is 1.91. The van der Waals surface area contributed by atoms with E-state index in [2.05, 4.69) is 10.6 Å². The van der Waals surface area contributed by atoms with Gasteiger partial charge in [0.05, 0.1) is 5.54 Å². The van der Waals surface area contributed by atoms with Crippen LogP contribution in [0.3, 0.4) is 0 Å². The summed E-state index contributed by atoms with van der Waals surface area (Å²) in [7, 11) is 0. The fraction of sp³-hybridized carbons (Fsp3) is 0.533. The second-order valence-electron chi connectivity index (χ2n) is 6.16. The van der Waals surface area contributed by atoms with E-state index in [-0.39, 0.29) is 11.6 Å². The minimum absolute atomic E-state index is 0.0672. The molecule has 0 bridgehead atoms. The van der Waals surface area contributed by atoms with Crippen molar-refractivity contribution in [2.45, 2.75) is 37.6 Å². The van der Waals surface area contributed by atoms with Gasteiger partial charge < -0.3 is 10.6 Å². The normalized spacial score (nSPS) is 29.4. The van der Waals surface area contributed by atoms with Gasteiger partial charge in [0.15, 0.2) is 0 Å². The van der Waals surface area contributed by atoms with Gasteiger partial charge in [-0.1, -0.05) is 24.4 Å². The fourth-order valence-corrected chi connectivity index (χ4v) is 3.59. The molecule has 0 radical (unpaired) electrons. The lowest BCUT2D eigenvalue weighted by Gasteiger charge is -2.41. The van der Waals surface area contributed by atoms with E-state index in [0.29, 0.717) is 5.92 Å². The quantitative estimate of drug-likeness (QED) is 0.864. The van der Waals surface area contributed by atoms with Crippen molar-refractivity contribution < 1.29 is 4.79 Å². The first-order chi connectivity index (χ1) is 9.17. The molecule has 19 heavy (non-hydrogen) atoms. The Kier molecular flexibility index (Phi) is 2.37. The molecule has 2 aliphatic carbocycles. The average molecular weight is 277 g/mol. The van der Waals surface area contributed by atoms with Gasteiger partial charge in [-0.15, -0.1) is 0 Å². The molecule has 2 fully saturated rings. The second kappa shape index (κ2) is 3.89. The van der Waals surface area contributed by atoms with E-state index < -0.39 is 0 Å². The Hall–Kier alpha value is -1.22. The Labute approximate surface area is 117 Å². The number of amides is 2. The van der Waals surface area contributed by atoms with E-state index in [4.69, 9.17) is 11.6 Å². The van der Waals surface area contributed by atoms with E-state index in [9.17, 15) is 4.79 Å². The van der Waals surface area contributed by atoms with E-state index in [0.717, 1.165) is 23.0 Å². The van der Waals surface area contributed by atoms with E-state index >= 15 is 0 Å². The molecular formula is C15H17ClN2O. The van der Waals surface area contributed by atoms with Crippen LogP contribution in [0.1, 0.15) is 37.7 Å². The van der Waals surface area contributed by atoms with Crippen molar-refractivity contribution in [3.05, 3.63) is 28.8 Å². The number of rotatable bonds is 3. The molecule has 2 N–H and O–H groups in total. The summed E-state index contributed by atoms with van der Waals surface area (Å²) in [4.78, 5) is 12.0. The van der Waals surface area contributed by atoms with E-state index in [1.807, 2.05) is 18.2 Å². The van der Waals surface area contributed by atoms with Crippen molar-refractivity contribution in [2.24, 2.45) is 11.8 Å². The third-order valence-electron chi connectivity index (χ3n) is 4.63. The highest BCUT2D eigenvalue weighted by atomic mass is 35.5. The van der Waals surface area contributed by atoms with Crippen molar-refractivity contribution >= 4 is 23.3 Å². The smallest absolute Gasteiger partial charge is 0.319 e. The zero-order valence-corrected chi connectivity index (χ0v) is 11.5. The third-order valence-corrected chi connectivity index (χ3v) is 4.86. The molecule has 4 heteroatoms. The Balaban J connectivity index is 1.84. The Bertz CT molecular complexity index is 551. The van der Waals surface area contributed by atoms with Crippen LogP contribution in [-0.4, -0.2) is 6.03 Å². The Morgan fingerprint density at radius 2 is 2.05 bits per heavy atom. The summed E-state index contributed by atoms with van der Waals surface area (Å²) in [6, 6.07) is 5.74. The van der Waals surface area contributed by atoms with Crippen LogP contribution in [0.2, 0.25) is 5.02 Å². The molecule has 1 aromatic rings. The summed E-state index contributed by atoms with van der Waals surface area (Å²) in [5.74, 6) is 1.35. The molecule has 1 unspecified atom stereocenters. The maximum atomic E-state index is 12.0. The number of halogens is 1. The van der Waals surface area contributed by atoms with E-state index in [1.54, 1.807) is 0 Å². The van der Waals surface area contributed by atoms with Crippen LogP contribution in [0.15, 0.2) is 18.2 Å².